The summed E-state index contributed by atoms with van der Waals surface area (Å²) < 4.78 is 65.9. The van der Waals surface area contributed by atoms with Crippen LogP contribution in [0.15, 0.2) is 41.4 Å². The van der Waals surface area contributed by atoms with Gasteiger partial charge in [-0.1, -0.05) is 12.1 Å². The number of amides is 1. The summed E-state index contributed by atoms with van der Waals surface area (Å²) in [5.41, 5.74) is 0.600. The van der Waals surface area contributed by atoms with E-state index < -0.39 is 33.9 Å². The summed E-state index contributed by atoms with van der Waals surface area (Å²) in [5.74, 6) is -1.66. The normalized spacial score (nSPS) is 28.3. The van der Waals surface area contributed by atoms with Crippen molar-refractivity contribution in [1.29, 1.82) is 0 Å². The minimum atomic E-state index is -3.36. The molecule has 1 aromatic heterocycles. The van der Waals surface area contributed by atoms with E-state index in [1.807, 2.05) is 13.8 Å². The Morgan fingerprint density at radius 1 is 1.16 bits per heavy atom. The smallest absolute Gasteiger partial charge is 0.233 e. The predicted molar refractivity (Wildman–Crippen MR) is 132 cm³/mol. The average Bonchev–Trinajstić information content (AvgIpc) is 3.44. The summed E-state index contributed by atoms with van der Waals surface area (Å²) >= 11 is 0. The van der Waals surface area contributed by atoms with E-state index in [9.17, 15) is 22.0 Å². The minimum absolute atomic E-state index is 0.0630. The van der Waals surface area contributed by atoms with Crippen LogP contribution in [0, 0.1) is 5.92 Å². The van der Waals surface area contributed by atoms with Crippen LogP contribution < -0.4 is 5.32 Å². The van der Waals surface area contributed by atoms with Gasteiger partial charge in [-0.2, -0.15) is 5.10 Å². The third-order valence-electron chi connectivity index (χ3n) is 7.32. The SMILES string of the molecule is CC1(C)OC[C@H](Cn2ccc(NC(=O)C(CC3C[C@@H](F)[C@@H](F)C3)c3ccc(S(=O)(=O)C4CC4)cc3)n2)O1. The maximum Gasteiger partial charge on any atom is 0.233 e. The first-order valence-electron chi connectivity index (χ1n) is 12.8. The predicted octanol–water partition coefficient (Wildman–Crippen LogP) is 4.17. The number of carbonyl (C=O) groups is 1. The van der Waals surface area contributed by atoms with Gasteiger partial charge in [0.2, 0.25) is 5.91 Å². The van der Waals surface area contributed by atoms with Crippen LogP contribution in [0.5, 0.6) is 0 Å². The van der Waals surface area contributed by atoms with Gasteiger partial charge in [-0.3, -0.25) is 9.48 Å². The molecule has 1 aliphatic heterocycles. The largest absolute Gasteiger partial charge is 0.348 e. The fraction of sp³-hybridized carbons (Fsp3) is 0.615. The Morgan fingerprint density at radius 2 is 1.84 bits per heavy atom. The first-order chi connectivity index (χ1) is 17.5. The molecule has 2 aromatic rings. The van der Waals surface area contributed by atoms with Crippen LogP contribution in [-0.2, 0) is 30.7 Å². The van der Waals surface area contributed by atoms with Crippen LogP contribution in [0.3, 0.4) is 0 Å². The summed E-state index contributed by atoms with van der Waals surface area (Å²) in [6, 6.07) is 7.98. The molecule has 2 aliphatic carbocycles. The number of rotatable bonds is 9. The molecule has 0 radical (unpaired) electrons. The van der Waals surface area contributed by atoms with Gasteiger partial charge in [0.1, 0.15) is 18.4 Å². The number of halogens is 2. The number of sulfone groups is 1. The number of carbonyl (C=O) groups excluding carboxylic acids is 1. The number of anilines is 1. The van der Waals surface area contributed by atoms with Crippen molar-refractivity contribution in [3.8, 4) is 0 Å². The number of aromatic nitrogens is 2. The fourth-order valence-corrected chi connectivity index (χ4v) is 6.87. The van der Waals surface area contributed by atoms with Crippen LogP contribution in [-0.4, -0.2) is 60.2 Å². The number of hydrogen-bond donors (Lipinski definition) is 1. The topological polar surface area (TPSA) is 99.5 Å². The Morgan fingerprint density at radius 3 is 2.43 bits per heavy atom. The van der Waals surface area contributed by atoms with E-state index in [0.29, 0.717) is 37.4 Å². The van der Waals surface area contributed by atoms with Crippen LogP contribution in [0.4, 0.5) is 14.6 Å². The lowest BCUT2D eigenvalue weighted by Crippen LogP contribution is -2.25. The van der Waals surface area contributed by atoms with Gasteiger partial charge < -0.3 is 14.8 Å². The Labute approximate surface area is 215 Å². The van der Waals surface area contributed by atoms with E-state index in [0.717, 1.165) is 0 Å². The molecule has 1 aromatic carbocycles. The second-order valence-corrected chi connectivity index (χ2v) is 13.1. The van der Waals surface area contributed by atoms with Crippen molar-refractivity contribution in [2.75, 3.05) is 11.9 Å². The van der Waals surface area contributed by atoms with Crippen LogP contribution >= 0.6 is 0 Å². The Balaban J connectivity index is 1.30. The third-order valence-corrected chi connectivity index (χ3v) is 9.60. The highest BCUT2D eigenvalue weighted by atomic mass is 32.2. The lowest BCUT2D eigenvalue weighted by Gasteiger charge is -2.20. The van der Waals surface area contributed by atoms with E-state index in [2.05, 4.69) is 10.4 Å². The molecule has 5 rings (SSSR count). The summed E-state index contributed by atoms with van der Waals surface area (Å²) in [4.78, 5) is 13.6. The fourth-order valence-electron chi connectivity index (χ4n) is 5.21. The van der Waals surface area contributed by atoms with E-state index in [1.54, 1.807) is 29.1 Å². The summed E-state index contributed by atoms with van der Waals surface area (Å²) in [6.07, 6.45) is 0.220. The number of alkyl halides is 2. The number of nitrogens with one attached hydrogen (secondary N) is 1. The maximum absolute atomic E-state index is 13.9. The molecule has 0 bridgehead atoms. The van der Waals surface area contributed by atoms with Gasteiger partial charge in [0, 0.05) is 12.3 Å². The molecular formula is C26H33F2N3O5S. The monoisotopic (exact) mass is 537 g/mol. The molecule has 3 aliphatic rings. The second kappa shape index (κ2) is 10.1. The molecule has 37 heavy (non-hydrogen) atoms. The van der Waals surface area contributed by atoms with Crippen LogP contribution in [0.25, 0.3) is 0 Å². The number of benzene rings is 1. The summed E-state index contributed by atoms with van der Waals surface area (Å²) in [7, 11) is -3.36. The molecule has 2 unspecified atom stereocenters. The quantitative estimate of drug-likeness (QED) is 0.516. The molecule has 1 N–H and O–H groups in total. The van der Waals surface area contributed by atoms with E-state index in [-0.39, 0.29) is 47.3 Å². The number of nitrogens with zero attached hydrogens (tertiary/aromatic N) is 2. The van der Waals surface area contributed by atoms with Crippen molar-refractivity contribution in [2.24, 2.45) is 5.92 Å². The lowest BCUT2D eigenvalue weighted by atomic mass is 9.87. The van der Waals surface area contributed by atoms with Crippen LogP contribution in [0.1, 0.15) is 57.4 Å². The average molecular weight is 538 g/mol. The van der Waals surface area contributed by atoms with Crippen molar-refractivity contribution in [1.82, 2.24) is 9.78 Å². The summed E-state index contributed by atoms with van der Waals surface area (Å²) in [5, 5.41) is 6.91. The van der Waals surface area contributed by atoms with Gasteiger partial charge in [0.15, 0.2) is 21.4 Å². The van der Waals surface area contributed by atoms with Gasteiger partial charge in [-0.05, 0) is 69.6 Å². The minimum Gasteiger partial charge on any atom is -0.348 e. The van der Waals surface area contributed by atoms with Gasteiger partial charge in [0.25, 0.3) is 0 Å². The third kappa shape index (κ3) is 6.04. The molecule has 2 heterocycles. The van der Waals surface area contributed by atoms with E-state index in [4.69, 9.17) is 9.47 Å². The number of ether oxygens (including phenoxy) is 2. The second-order valence-electron chi connectivity index (χ2n) is 10.8. The van der Waals surface area contributed by atoms with Crippen molar-refractivity contribution < 1.29 is 31.5 Å². The Kier molecular flexibility index (Phi) is 7.14. The first-order valence-corrected chi connectivity index (χ1v) is 14.3. The first kappa shape index (κ1) is 26.2. The molecule has 202 valence electrons. The highest BCUT2D eigenvalue weighted by Crippen LogP contribution is 2.39. The molecule has 11 heteroatoms. The van der Waals surface area contributed by atoms with Crippen molar-refractivity contribution >= 4 is 21.6 Å². The molecule has 2 saturated carbocycles. The van der Waals surface area contributed by atoms with Crippen LogP contribution in [0.2, 0.25) is 0 Å². The van der Waals surface area contributed by atoms with Gasteiger partial charge >= 0.3 is 0 Å². The Hall–Kier alpha value is -2.37. The highest BCUT2D eigenvalue weighted by Gasteiger charge is 2.39. The molecule has 0 spiro atoms. The molecule has 5 atom stereocenters. The van der Waals surface area contributed by atoms with Gasteiger partial charge in [0.05, 0.1) is 29.2 Å². The molecular weight excluding hydrogens is 504 g/mol. The molecule has 1 saturated heterocycles. The van der Waals surface area contributed by atoms with Crippen molar-refractivity contribution in [2.45, 2.75) is 92.8 Å². The summed E-state index contributed by atoms with van der Waals surface area (Å²) in [6.45, 7) is 4.58. The molecule has 1 amide bonds. The maximum atomic E-state index is 13.9. The van der Waals surface area contributed by atoms with Gasteiger partial charge in [-0.15, -0.1) is 0 Å². The standard InChI is InChI=1S/C26H33F2N3O5S/c1-26(2)35-15-18(36-26)14-31-10-9-24(30-31)29-25(32)21(11-16-12-22(27)23(28)13-16)17-3-5-19(6-4-17)37(33,34)20-7-8-20/h3-6,9-10,16,18,20-23H,7-8,11-15H2,1-2H3,(H,29,30,32)/t16?,18-,21?,22-,23+/m0/s1. The zero-order valence-electron chi connectivity index (χ0n) is 21.0. The Bertz CT molecular complexity index is 1220. The lowest BCUT2D eigenvalue weighted by molar-refractivity contribution is -0.139. The molecule has 3 fully saturated rings. The zero-order chi connectivity index (χ0) is 26.4. The zero-order valence-corrected chi connectivity index (χ0v) is 21.8. The van der Waals surface area contributed by atoms with Gasteiger partial charge in [-0.25, -0.2) is 17.2 Å². The van der Waals surface area contributed by atoms with E-state index in [1.165, 1.54) is 12.1 Å². The van der Waals surface area contributed by atoms with Crippen molar-refractivity contribution in [3.05, 3.63) is 42.1 Å². The number of hydrogen-bond acceptors (Lipinski definition) is 6. The molecule has 8 nitrogen and oxygen atoms in total. The van der Waals surface area contributed by atoms with E-state index >= 15 is 0 Å². The van der Waals surface area contributed by atoms with Crippen molar-refractivity contribution in [3.63, 3.8) is 0 Å². The highest BCUT2D eigenvalue weighted by molar-refractivity contribution is 7.92.